The predicted molar refractivity (Wildman–Crippen MR) is 102 cm³/mol. The number of rotatable bonds is 4. The van der Waals surface area contributed by atoms with Gasteiger partial charge in [-0.05, 0) is 6.07 Å². The molecule has 8 nitrogen and oxygen atoms in total. The largest absolute Gasteiger partial charge is 0.426 e. The second-order valence-corrected chi connectivity index (χ2v) is 7.67. The Morgan fingerprint density at radius 2 is 2.03 bits per heavy atom. The molecule has 30 heavy (non-hydrogen) atoms. The number of fused-ring (bicyclic) bond motifs is 1. The first-order chi connectivity index (χ1) is 14.4. The van der Waals surface area contributed by atoms with E-state index in [0.717, 1.165) is 16.3 Å². The quantitative estimate of drug-likeness (QED) is 0.690. The average molecular weight is 469 g/mol. The third-order valence-corrected chi connectivity index (χ3v) is 5.53. The predicted octanol–water partition coefficient (Wildman–Crippen LogP) is 3.55. The maximum atomic E-state index is 14.3. The monoisotopic (exact) mass is 468 g/mol. The summed E-state index contributed by atoms with van der Waals surface area (Å²) in [5.74, 6) is 0.673. The highest BCUT2D eigenvalue weighted by Crippen LogP contribution is 2.47. The van der Waals surface area contributed by atoms with Gasteiger partial charge in [0.05, 0.1) is 13.2 Å². The molecule has 2 aliphatic rings. The number of ether oxygens (including phenoxy) is 1. The first-order valence-electron chi connectivity index (χ1n) is 8.67. The molecule has 0 radical (unpaired) electrons. The lowest BCUT2D eigenvalue weighted by atomic mass is 10.2. The molecule has 2 aromatic rings. The summed E-state index contributed by atoms with van der Waals surface area (Å²) in [4.78, 5) is 25.3. The Bertz CT molecular complexity index is 977. The smallest absolute Gasteiger partial charge is 0.397 e. The highest BCUT2D eigenvalue weighted by molar-refractivity contribution is 7.42. The van der Waals surface area contributed by atoms with E-state index in [1.165, 1.54) is 0 Å². The second-order valence-electron chi connectivity index (χ2n) is 6.12. The minimum absolute atomic E-state index is 0.0707. The van der Waals surface area contributed by atoms with Gasteiger partial charge in [0.1, 0.15) is 29.3 Å². The number of halogens is 4. The molecule has 1 fully saturated rings. The molecule has 1 N–H and O–H groups in total. The number of hydrogen-bond acceptors (Lipinski definition) is 6. The molecule has 4 unspecified atom stereocenters. The SMILES string of the molecule is FCF.O=c1[nH]c(=O)n(C2CC(F)C(COP3OCc4ccccc4O3)O2)cc1Cl. The summed E-state index contributed by atoms with van der Waals surface area (Å²) in [6, 6.07) is 7.42. The number of nitrogens with one attached hydrogen (secondary N) is 1. The Labute approximate surface area is 174 Å². The van der Waals surface area contributed by atoms with Crippen molar-refractivity contribution in [1.82, 2.24) is 9.55 Å². The second kappa shape index (κ2) is 10.4. The van der Waals surface area contributed by atoms with E-state index in [9.17, 15) is 22.8 Å². The number of benzene rings is 1. The van der Waals surface area contributed by atoms with Crippen molar-refractivity contribution in [1.29, 1.82) is 0 Å². The summed E-state index contributed by atoms with van der Waals surface area (Å²) < 4.78 is 56.9. The van der Waals surface area contributed by atoms with Gasteiger partial charge in [-0.25, -0.2) is 18.0 Å². The van der Waals surface area contributed by atoms with E-state index in [2.05, 4.69) is 4.98 Å². The van der Waals surface area contributed by atoms with Crippen LogP contribution >= 0.6 is 20.2 Å². The van der Waals surface area contributed by atoms with Gasteiger partial charge in [-0.1, -0.05) is 29.8 Å². The van der Waals surface area contributed by atoms with Gasteiger partial charge in [-0.3, -0.25) is 23.4 Å². The van der Waals surface area contributed by atoms with E-state index in [1.807, 2.05) is 24.3 Å². The highest BCUT2D eigenvalue weighted by atomic mass is 35.5. The van der Waals surface area contributed by atoms with Crippen molar-refractivity contribution in [3.63, 3.8) is 0 Å². The summed E-state index contributed by atoms with van der Waals surface area (Å²) in [5.41, 5.74) is -0.514. The van der Waals surface area contributed by atoms with Crippen LogP contribution in [0.4, 0.5) is 13.2 Å². The Morgan fingerprint density at radius 3 is 2.80 bits per heavy atom. The molecule has 1 saturated heterocycles. The van der Waals surface area contributed by atoms with E-state index >= 15 is 0 Å². The molecule has 2 aliphatic heterocycles. The van der Waals surface area contributed by atoms with Crippen LogP contribution in [0.25, 0.3) is 0 Å². The molecule has 0 spiro atoms. The minimum atomic E-state index is -1.75. The molecule has 0 aliphatic carbocycles. The van der Waals surface area contributed by atoms with Gasteiger partial charge >= 0.3 is 14.3 Å². The number of H-pyrrole nitrogens is 1. The van der Waals surface area contributed by atoms with Gasteiger partial charge in [0.25, 0.3) is 5.56 Å². The van der Waals surface area contributed by atoms with Crippen molar-refractivity contribution in [3.05, 3.63) is 61.9 Å². The first kappa shape index (κ1) is 22.8. The molecular formula is C17H17ClF3N2O6P. The molecule has 4 rings (SSSR count). The number of hydrogen-bond donors (Lipinski definition) is 1. The lowest BCUT2D eigenvalue weighted by Crippen LogP contribution is -2.32. The molecule has 0 bridgehead atoms. The molecule has 164 valence electrons. The molecule has 0 amide bonds. The maximum absolute atomic E-state index is 14.3. The number of alkyl halides is 3. The van der Waals surface area contributed by atoms with E-state index in [4.69, 9.17) is 29.9 Å². The van der Waals surface area contributed by atoms with Crippen molar-refractivity contribution in [2.45, 2.75) is 31.5 Å². The molecule has 13 heteroatoms. The van der Waals surface area contributed by atoms with Crippen LogP contribution in [0.2, 0.25) is 5.02 Å². The third-order valence-electron chi connectivity index (χ3n) is 4.21. The van der Waals surface area contributed by atoms with Gasteiger partial charge in [0.15, 0.2) is 0 Å². The lowest BCUT2D eigenvalue weighted by molar-refractivity contribution is -0.0335. The molecule has 1 aromatic heterocycles. The van der Waals surface area contributed by atoms with Gasteiger partial charge < -0.3 is 9.26 Å². The number of nitrogens with zero attached hydrogens (tertiary/aromatic N) is 1. The first-order valence-corrected chi connectivity index (χ1v) is 10.1. The number of aromatic amines is 1. The van der Waals surface area contributed by atoms with Crippen LogP contribution in [0.1, 0.15) is 18.2 Å². The van der Waals surface area contributed by atoms with Crippen LogP contribution in [-0.4, -0.2) is 35.4 Å². The van der Waals surface area contributed by atoms with Crippen LogP contribution < -0.4 is 15.8 Å². The van der Waals surface area contributed by atoms with E-state index in [1.54, 1.807) is 0 Å². The Morgan fingerprint density at radius 1 is 1.30 bits per heavy atom. The normalized spacial score (nSPS) is 25.1. The van der Waals surface area contributed by atoms with E-state index < -0.39 is 45.3 Å². The van der Waals surface area contributed by atoms with E-state index in [0.29, 0.717) is 12.4 Å². The van der Waals surface area contributed by atoms with Crippen molar-refractivity contribution < 1.29 is 31.5 Å². The summed E-state index contributed by atoms with van der Waals surface area (Å²) in [5, 5.41) is -0.181. The number of para-hydroxylation sites is 1. The zero-order valence-electron chi connectivity index (χ0n) is 15.3. The number of aromatic nitrogens is 2. The summed E-state index contributed by atoms with van der Waals surface area (Å²) in [6.07, 6.45) is -2.09. The minimum Gasteiger partial charge on any atom is -0.426 e. The highest BCUT2D eigenvalue weighted by Gasteiger charge is 2.38. The van der Waals surface area contributed by atoms with Gasteiger partial charge in [-0.15, -0.1) is 0 Å². The molecule has 4 atom stereocenters. The Balaban J connectivity index is 0.000000806. The third kappa shape index (κ3) is 5.41. The van der Waals surface area contributed by atoms with Crippen molar-refractivity contribution in [2.75, 3.05) is 13.5 Å². The fraction of sp³-hybridized carbons (Fsp3) is 0.412. The van der Waals surface area contributed by atoms with Crippen LogP contribution in [0.5, 0.6) is 5.75 Å². The fourth-order valence-electron chi connectivity index (χ4n) is 2.82. The molecule has 1 aromatic carbocycles. The summed E-state index contributed by atoms with van der Waals surface area (Å²) >= 11 is 5.73. The standard InChI is InChI=1S/C16H15ClFN2O6P.CH2F2/c17-10-6-20(16(22)19-15(10)21)14-5-11(18)13(25-14)8-24-27-23-7-9-3-1-2-4-12(9)26-27;2-1-3/h1-4,6,11,13-14H,5,7-8H2,(H,19,21,22);1H2. The Kier molecular flexibility index (Phi) is 7.90. The van der Waals surface area contributed by atoms with E-state index in [-0.39, 0.29) is 18.1 Å². The zero-order chi connectivity index (χ0) is 21.7. The lowest BCUT2D eigenvalue weighted by Gasteiger charge is -2.24. The summed E-state index contributed by atoms with van der Waals surface area (Å²) in [6.45, 7) is -1.50. The molecule has 3 heterocycles. The van der Waals surface area contributed by atoms with Gasteiger partial charge in [0, 0.05) is 18.2 Å². The van der Waals surface area contributed by atoms with Gasteiger partial charge in [-0.2, -0.15) is 0 Å². The topological polar surface area (TPSA) is 91.8 Å². The van der Waals surface area contributed by atoms with Crippen LogP contribution in [0.15, 0.2) is 40.1 Å². The van der Waals surface area contributed by atoms with Crippen molar-refractivity contribution in [3.8, 4) is 5.75 Å². The fourth-order valence-corrected chi connectivity index (χ4v) is 4.01. The van der Waals surface area contributed by atoms with Crippen LogP contribution in [-0.2, 0) is 20.4 Å². The van der Waals surface area contributed by atoms with Crippen LogP contribution in [0.3, 0.4) is 0 Å². The van der Waals surface area contributed by atoms with Crippen molar-refractivity contribution in [2.24, 2.45) is 0 Å². The Hall–Kier alpha value is -1.91. The molecular weight excluding hydrogens is 452 g/mol. The summed E-state index contributed by atoms with van der Waals surface area (Å²) in [7, 11) is -1.66. The maximum Gasteiger partial charge on any atom is 0.397 e. The van der Waals surface area contributed by atoms with Crippen molar-refractivity contribution >= 4 is 20.2 Å². The average Bonchev–Trinajstić information content (AvgIpc) is 3.10. The van der Waals surface area contributed by atoms with Crippen LogP contribution in [0, 0.1) is 0 Å². The zero-order valence-corrected chi connectivity index (χ0v) is 17.0. The molecule has 0 saturated carbocycles. The van der Waals surface area contributed by atoms with Gasteiger partial charge in [0.2, 0.25) is 6.93 Å².